The Morgan fingerprint density at radius 1 is 1.36 bits per heavy atom. The fourth-order valence-electron chi connectivity index (χ4n) is 1.00. The van der Waals surface area contributed by atoms with Crippen LogP contribution in [0.2, 0.25) is 0 Å². The molecule has 0 unspecified atom stereocenters. The number of benzene rings is 1. The van der Waals surface area contributed by atoms with Gasteiger partial charge < -0.3 is 3.07 Å². The van der Waals surface area contributed by atoms with Gasteiger partial charge in [0.25, 0.3) is 0 Å². The molecule has 0 aromatic heterocycles. The first-order chi connectivity index (χ1) is 5.15. The molecule has 0 atom stereocenters. The molecule has 0 saturated carbocycles. The van der Waals surface area contributed by atoms with E-state index in [0.717, 1.165) is 15.8 Å². The lowest BCUT2D eigenvalue weighted by atomic mass is 10.1. The molecule has 1 nitrogen and oxygen atoms in total. The fraction of sp³-hybridized carbons (Fsp3) is 0.250. The van der Waals surface area contributed by atoms with Gasteiger partial charge in [-0.3, -0.25) is 0 Å². The van der Waals surface area contributed by atoms with Gasteiger partial charge in [0.05, 0.1) is 4.47 Å². The standard InChI is InChI=1S/C8H8BrIO/c1-5-3-6(2)8(11-10)7(9)4-5/h3-4H,1-2H3. The highest BCUT2D eigenvalue weighted by Crippen LogP contribution is 2.31. The normalized spacial score (nSPS) is 9.82. The summed E-state index contributed by atoms with van der Waals surface area (Å²) in [6.45, 7) is 4.10. The van der Waals surface area contributed by atoms with Crippen molar-refractivity contribution in [1.82, 2.24) is 0 Å². The van der Waals surface area contributed by atoms with E-state index in [1.807, 2.05) is 36.0 Å². The average Bonchev–Trinajstić information content (AvgIpc) is 1.85. The van der Waals surface area contributed by atoms with Crippen LogP contribution in [0.1, 0.15) is 11.1 Å². The molecule has 0 spiro atoms. The maximum absolute atomic E-state index is 5.15. The summed E-state index contributed by atoms with van der Waals surface area (Å²) in [5.41, 5.74) is 2.40. The molecule has 0 radical (unpaired) electrons. The Balaban J connectivity index is 3.25. The van der Waals surface area contributed by atoms with E-state index in [9.17, 15) is 0 Å². The lowest BCUT2D eigenvalue weighted by Gasteiger charge is -2.05. The second-order valence-electron chi connectivity index (χ2n) is 2.47. The maximum Gasteiger partial charge on any atom is 0.192 e. The first-order valence-corrected chi connectivity index (χ1v) is 4.88. The number of hydrogen-bond donors (Lipinski definition) is 0. The van der Waals surface area contributed by atoms with Gasteiger partial charge in [-0.05, 0) is 47.0 Å². The Hall–Kier alpha value is 0.230. The van der Waals surface area contributed by atoms with Crippen LogP contribution in [0.3, 0.4) is 0 Å². The van der Waals surface area contributed by atoms with Gasteiger partial charge in [0, 0.05) is 0 Å². The van der Waals surface area contributed by atoms with Gasteiger partial charge in [-0.15, -0.1) is 0 Å². The van der Waals surface area contributed by atoms with Crippen molar-refractivity contribution in [3.8, 4) is 5.75 Å². The molecule has 1 rings (SSSR count). The van der Waals surface area contributed by atoms with Crippen LogP contribution in [0, 0.1) is 13.8 Å². The lowest BCUT2D eigenvalue weighted by Crippen LogP contribution is -1.84. The minimum absolute atomic E-state index is 0.913. The third kappa shape index (κ3) is 2.08. The fourth-order valence-corrected chi connectivity index (χ4v) is 2.64. The van der Waals surface area contributed by atoms with Crippen LogP contribution in [0.5, 0.6) is 5.75 Å². The molecule has 11 heavy (non-hydrogen) atoms. The third-order valence-corrected chi connectivity index (χ3v) is 2.48. The van der Waals surface area contributed by atoms with Crippen LogP contribution in [-0.2, 0) is 0 Å². The van der Waals surface area contributed by atoms with Gasteiger partial charge in [-0.2, -0.15) is 0 Å². The molecule has 0 amide bonds. The zero-order valence-corrected chi connectivity index (χ0v) is 10.1. The van der Waals surface area contributed by atoms with E-state index >= 15 is 0 Å². The molecule has 60 valence electrons. The summed E-state index contributed by atoms with van der Waals surface area (Å²) in [6.07, 6.45) is 0. The Bertz CT molecular complexity index is 250. The second kappa shape index (κ2) is 3.76. The number of rotatable bonds is 1. The van der Waals surface area contributed by atoms with Gasteiger partial charge >= 0.3 is 0 Å². The van der Waals surface area contributed by atoms with Crippen molar-refractivity contribution in [3.05, 3.63) is 27.7 Å². The smallest absolute Gasteiger partial charge is 0.192 e. The number of halogens is 2. The van der Waals surface area contributed by atoms with Crippen molar-refractivity contribution in [2.75, 3.05) is 0 Å². The number of aryl methyl sites for hydroxylation is 2. The van der Waals surface area contributed by atoms with Crippen LogP contribution in [0.25, 0.3) is 0 Å². The van der Waals surface area contributed by atoms with E-state index in [0.29, 0.717) is 0 Å². The van der Waals surface area contributed by atoms with Crippen molar-refractivity contribution in [2.45, 2.75) is 13.8 Å². The zero-order valence-electron chi connectivity index (χ0n) is 6.32. The zero-order chi connectivity index (χ0) is 8.43. The van der Waals surface area contributed by atoms with Crippen LogP contribution >= 0.6 is 38.9 Å². The molecule has 0 heterocycles. The molecule has 0 bridgehead atoms. The molecule has 0 aliphatic heterocycles. The van der Waals surface area contributed by atoms with Crippen LogP contribution in [0.15, 0.2) is 16.6 Å². The minimum Gasteiger partial charge on any atom is -0.426 e. The summed E-state index contributed by atoms with van der Waals surface area (Å²) < 4.78 is 6.17. The van der Waals surface area contributed by atoms with E-state index in [2.05, 4.69) is 28.9 Å². The predicted octanol–water partition coefficient (Wildman–Crippen LogP) is 3.79. The van der Waals surface area contributed by atoms with Crippen molar-refractivity contribution < 1.29 is 3.07 Å². The first kappa shape index (κ1) is 9.32. The molecule has 1 aromatic rings. The minimum atomic E-state index is 0.913. The van der Waals surface area contributed by atoms with Gasteiger partial charge in [0.2, 0.25) is 0 Å². The van der Waals surface area contributed by atoms with Gasteiger partial charge in [0.15, 0.2) is 28.8 Å². The molecular weight excluding hydrogens is 319 g/mol. The lowest BCUT2D eigenvalue weighted by molar-refractivity contribution is 0.703. The summed E-state index contributed by atoms with van der Waals surface area (Å²) in [5, 5.41) is 0. The van der Waals surface area contributed by atoms with Crippen LogP contribution < -0.4 is 3.07 Å². The maximum atomic E-state index is 5.15. The molecule has 0 aliphatic rings. The van der Waals surface area contributed by atoms with Crippen molar-refractivity contribution in [3.63, 3.8) is 0 Å². The highest BCUT2D eigenvalue weighted by atomic mass is 127. The average molecular weight is 327 g/mol. The molecule has 0 aliphatic carbocycles. The van der Waals surface area contributed by atoms with Crippen LogP contribution in [-0.4, -0.2) is 0 Å². The summed E-state index contributed by atoms with van der Waals surface area (Å²) >= 11 is 5.31. The van der Waals surface area contributed by atoms with Crippen molar-refractivity contribution >= 4 is 38.9 Å². The van der Waals surface area contributed by atoms with Crippen LogP contribution in [0.4, 0.5) is 0 Å². The molecule has 1 aromatic carbocycles. The van der Waals surface area contributed by atoms with E-state index in [1.54, 1.807) is 0 Å². The molecule has 0 saturated heterocycles. The largest absolute Gasteiger partial charge is 0.426 e. The quantitative estimate of drug-likeness (QED) is 0.713. The summed E-state index contributed by atoms with van der Waals surface area (Å²) in [5.74, 6) is 0.913. The highest BCUT2D eigenvalue weighted by Gasteiger charge is 2.04. The van der Waals surface area contributed by atoms with Gasteiger partial charge in [-0.1, -0.05) is 6.07 Å². The topological polar surface area (TPSA) is 9.23 Å². The number of hydrogen-bond acceptors (Lipinski definition) is 1. The summed E-state index contributed by atoms with van der Waals surface area (Å²) in [4.78, 5) is 0. The van der Waals surface area contributed by atoms with E-state index in [-0.39, 0.29) is 0 Å². The van der Waals surface area contributed by atoms with E-state index < -0.39 is 0 Å². The van der Waals surface area contributed by atoms with Crippen molar-refractivity contribution in [1.29, 1.82) is 0 Å². The monoisotopic (exact) mass is 326 g/mol. The summed E-state index contributed by atoms with van der Waals surface area (Å²) in [7, 11) is 0. The Kier molecular flexibility index (Phi) is 3.18. The predicted molar refractivity (Wildman–Crippen MR) is 58.3 cm³/mol. The SMILES string of the molecule is Cc1cc(C)c(OI)c(Br)c1. The molecule has 0 N–H and O–H groups in total. The summed E-state index contributed by atoms with van der Waals surface area (Å²) in [6, 6.07) is 4.14. The van der Waals surface area contributed by atoms with Gasteiger partial charge in [0.1, 0.15) is 0 Å². The Morgan fingerprint density at radius 2 is 2.00 bits per heavy atom. The first-order valence-electron chi connectivity index (χ1n) is 3.20. The van der Waals surface area contributed by atoms with Crippen molar-refractivity contribution in [2.24, 2.45) is 0 Å². The molecule has 3 heteroatoms. The Morgan fingerprint density at radius 3 is 2.45 bits per heavy atom. The second-order valence-corrected chi connectivity index (χ2v) is 3.76. The Labute approximate surface area is 89.0 Å². The van der Waals surface area contributed by atoms with E-state index in [1.165, 1.54) is 5.56 Å². The van der Waals surface area contributed by atoms with Gasteiger partial charge in [-0.25, -0.2) is 0 Å². The third-order valence-electron chi connectivity index (χ3n) is 1.45. The molecular formula is C8H8BrIO. The highest BCUT2D eigenvalue weighted by molar-refractivity contribution is 14.1. The molecule has 0 fully saturated rings. The van der Waals surface area contributed by atoms with E-state index in [4.69, 9.17) is 3.07 Å².